The maximum Gasteiger partial charge on any atom is 0.00358 e. The van der Waals surface area contributed by atoms with Gasteiger partial charge in [-0.2, -0.15) is 12.6 Å². The Kier molecular flexibility index (Phi) is 9.53. The largest absolute Gasteiger partial charge is 0.317 e. The summed E-state index contributed by atoms with van der Waals surface area (Å²) in [4.78, 5) is 0. The fraction of sp³-hybridized carbons (Fsp3) is 1.00. The van der Waals surface area contributed by atoms with Gasteiger partial charge in [0.25, 0.3) is 0 Å². The fourth-order valence-electron chi connectivity index (χ4n) is 2.09. The van der Waals surface area contributed by atoms with Crippen molar-refractivity contribution in [3.63, 3.8) is 0 Å². The molecule has 0 aliphatic heterocycles. The summed E-state index contributed by atoms with van der Waals surface area (Å²) >= 11 is 4.45. The third-order valence-electron chi connectivity index (χ3n) is 3.48. The maximum atomic E-state index is 4.45. The van der Waals surface area contributed by atoms with Crippen molar-refractivity contribution >= 4 is 12.6 Å². The molecule has 0 bridgehead atoms. The van der Waals surface area contributed by atoms with Crippen LogP contribution in [0.3, 0.4) is 0 Å². The normalized spacial score (nSPS) is 19.1. The van der Waals surface area contributed by atoms with Gasteiger partial charge in [0.1, 0.15) is 0 Å². The van der Waals surface area contributed by atoms with Gasteiger partial charge in [-0.05, 0) is 50.3 Å². The molecule has 0 heterocycles. The molecule has 4 unspecified atom stereocenters. The van der Waals surface area contributed by atoms with E-state index in [0.29, 0.717) is 11.3 Å². The lowest BCUT2D eigenvalue weighted by Crippen LogP contribution is -2.21. The second-order valence-electron chi connectivity index (χ2n) is 5.64. The zero-order chi connectivity index (χ0) is 12.6. The lowest BCUT2D eigenvalue weighted by atomic mass is 9.91. The average Bonchev–Trinajstić information content (AvgIpc) is 2.22. The number of thiol groups is 1. The minimum atomic E-state index is 0.551. The van der Waals surface area contributed by atoms with Crippen molar-refractivity contribution in [3.8, 4) is 0 Å². The van der Waals surface area contributed by atoms with E-state index in [0.717, 1.165) is 11.8 Å². The van der Waals surface area contributed by atoms with Crippen molar-refractivity contribution in [1.82, 2.24) is 5.32 Å². The molecule has 0 fully saturated rings. The van der Waals surface area contributed by atoms with Gasteiger partial charge in [-0.3, -0.25) is 0 Å². The molecule has 0 saturated carbocycles. The highest BCUT2D eigenvalue weighted by Gasteiger charge is 2.09. The Morgan fingerprint density at radius 3 is 1.88 bits per heavy atom. The zero-order valence-corrected chi connectivity index (χ0v) is 12.7. The fourth-order valence-corrected chi connectivity index (χ4v) is 2.45. The first-order chi connectivity index (χ1) is 7.45. The van der Waals surface area contributed by atoms with Gasteiger partial charge in [-0.25, -0.2) is 0 Å². The Morgan fingerprint density at radius 1 is 0.875 bits per heavy atom. The van der Waals surface area contributed by atoms with Gasteiger partial charge in [-0.1, -0.05) is 33.6 Å². The van der Waals surface area contributed by atoms with Crippen LogP contribution in [0.4, 0.5) is 0 Å². The molecule has 16 heavy (non-hydrogen) atoms. The van der Waals surface area contributed by atoms with E-state index in [1.165, 1.54) is 32.1 Å². The van der Waals surface area contributed by atoms with Crippen LogP contribution >= 0.6 is 12.6 Å². The van der Waals surface area contributed by atoms with Crippen molar-refractivity contribution < 1.29 is 0 Å². The monoisotopic (exact) mass is 245 g/mol. The average molecular weight is 245 g/mol. The van der Waals surface area contributed by atoms with E-state index < -0.39 is 0 Å². The Labute approximate surface area is 108 Å². The molecule has 0 spiro atoms. The SMILES string of the molecule is CNC(C)CCC(C)CCC(C)CC(C)S. The van der Waals surface area contributed by atoms with Gasteiger partial charge in [0.15, 0.2) is 0 Å². The quantitative estimate of drug-likeness (QED) is 0.582. The molecule has 0 radical (unpaired) electrons. The zero-order valence-electron chi connectivity index (χ0n) is 11.8. The predicted octanol–water partition coefficient (Wildman–Crippen LogP) is 4.14. The van der Waals surface area contributed by atoms with E-state index in [4.69, 9.17) is 0 Å². The summed E-state index contributed by atoms with van der Waals surface area (Å²) < 4.78 is 0. The first-order valence-electron chi connectivity index (χ1n) is 6.81. The summed E-state index contributed by atoms with van der Waals surface area (Å²) in [6.45, 7) is 9.20. The van der Waals surface area contributed by atoms with Gasteiger partial charge in [0.05, 0.1) is 0 Å². The Morgan fingerprint density at radius 2 is 1.38 bits per heavy atom. The van der Waals surface area contributed by atoms with Crippen LogP contribution in [0.2, 0.25) is 0 Å². The molecule has 1 nitrogen and oxygen atoms in total. The highest BCUT2D eigenvalue weighted by atomic mass is 32.1. The molecule has 4 atom stereocenters. The smallest absolute Gasteiger partial charge is 0.00358 e. The molecule has 0 rings (SSSR count). The van der Waals surface area contributed by atoms with Crippen LogP contribution in [0.5, 0.6) is 0 Å². The van der Waals surface area contributed by atoms with Gasteiger partial charge < -0.3 is 5.32 Å². The Bertz CT molecular complexity index is 159. The maximum absolute atomic E-state index is 4.45. The molecule has 0 saturated heterocycles. The summed E-state index contributed by atoms with van der Waals surface area (Å²) in [7, 11) is 2.05. The highest BCUT2D eigenvalue weighted by Crippen LogP contribution is 2.21. The number of hydrogen-bond donors (Lipinski definition) is 2. The van der Waals surface area contributed by atoms with Gasteiger partial charge in [0.2, 0.25) is 0 Å². The Balaban J connectivity index is 3.52. The predicted molar refractivity (Wildman–Crippen MR) is 78.4 cm³/mol. The lowest BCUT2D eigenvalue weighted by molar-refractivity contribution is 0.377. The van der Waals surface area contributed by atoms with Gasteiger partial charge in [-0.15, -0.1) is 0 Å². The molecule has 0 aromatic rings. The number of hydrogen-bond acceptors (Lipinski definition) is 2. The van der Waals surface area contributed by atoms with E-state index in [-0.39, 0.29) is 0 Å². The van der Waals surface area contributed by atoms with Crippen molar-refractivity contribution in [1.29, 1.82) is 0 Å². The van der Waals surface area contributed by atoms with Crippen molar-refractivity contribution in [2.75, 3.05) is 7.05 Å². The second kappa shape index (κ2) is 9.35. The number of rotatable bonds is 9. The van der Waals surface area contributed by atoms with Crippen LogP contribution in [-0.4, -0.2) is 18.3 Å². The van der Waals surface area contributed by atoms with Crippen LogP contribution in [0, 0.1) is 11.8 Å². The van der Waals surface area contributed by atoms with Crippen molar-refractivity contribution in [2.45, 2.75) is 71.1 Å². The standard InChI is InChI=1S/C14H31NS/c1-11(8-9-13(3)15-5)6-7-12(2)10-14(4)16/h11-16H,6-10H2,1-5H3. The minimum Gasteiger partial charge on any atom is -0.317 e. The van der Waals surface area contributed by atoms with Crippen molar-refractivity contribution in [3.05, 3.63) is 0 Å². The summed E-state index contributed by atoms with van der Waals surface area (Å²) in [5.74, 6) is 1.70. The minimum absolute atomic E-state index is 0.551. The van der Waals surface area contributed by atoms with E-state index >= 15 is 0 Å². The molecule has 1 N–H and O–H groups in total. The van der Waals surface area contributed by atoms with Crippen LogP contribution < -0.4 is 5.32 Å². The van der Waals surface area contributed by atoms with Crippen LogP contribution in [0.15, 0.2) is 0 Å². The summed E-state index contributed by atoms with van der Waals surface area (Å²) in [5.41, 5.74) is 0. The molecule has 0 aliphatic rings. The summed E-state index contributed by atoms with van der Waals surface area (Å²) in [6, 6.07) is 0.664. The van der Waals surface area contributed by atoms with E-state index in [2.05, 4.69) is 45.6 Å². The molecule has 2 heteroatoms. The third kappa shape index (κ3) is 9.53. The van der Waals surface area contributed by atoms with Crippen molar-refractivity contribution in [2.24, 2.45) is 11.8 Å². The van der Waals surface area contributed by atoms with Crippen LogP contribution in [0.25, 0.3) is 0 Å². The summed E-state index contributed by atoms with van der Waals surface area (Å²) in [6.07, 6.45) is 6.64. The molecule has 98 valence electrons. The topological polar surface area (TPSA) is 12.0 Å². The second-order valence-corrected chi connectivity index (χ2v) is 6.52. The molecule has 0 amide bonds. The molecule has 0 aromatic carbocycles. The first-order valence-corrected chi connectivity index (χ1v) is 7.32. The number of nitrogens with one attached hydrogen (secondary N) is 1. The van der Waals surface area contributed by atoms with Crippen LogP contribution in [0.1, 0.15) is 59.8 Å². The molecular weight excluding hydrogens is 214 g/mol. The highest BCUT2D eigenvalue weighted by molar-refractivity contribution is 7.80. The van der Waals surface area contributed by atoms with Gasteiger partial charge in [0, 0.05) is 6.04 Å². The van der Waals surface area contributed by atoms with E-state index in [9.17, 15) is 0 Å². The molecule has 0 aromatic heterocycles. The molecular formula is C14H31NS. The van der Waals surface area contributed by atoms with E-state index in [1.807, 2.05) is 7.05 Å². The molecule has 0 aliphatic carbocycles. The summed E-state index contributed by atoms with van der Waals surface area (Å²) in [5, 5.41) is 3.85. The van der Waals surface area contributed by atoms with Crippen LogP contribution in [-0.2, 0) is 0 Å². The Hall–Kier alpha value is 0.310. The first kappa shape index (κ1) is 16.3. The third-order valence-corrected chi connectivity index (χ3v) is 3.69. The van der Waals surface area contributed by atoms with E-state index in [1.54, 1.807) is 0 Å². The lowest BCUT2D eigenvalue weighted by Gasteiger charge is -2.18. The van der Waals surface area contributed by atoms with Gasteiger partial charge >= 0.3 is 0 Å².